The van der Waals surface area contributed by atoms with E-state index in [2.05, 4.69) is 44.5 Å². The summed E-state index contributed by atoms with van der Waals surface area (Å²) in [5.41, 5.74) is 0. The predicted octanol–water partition coefficient (Wildman–Crippen LogP) is 0.994. The summed E-state index contributed by atoms with van der Waals surface area (Å²) in [6, 6.07) is 0.121. The molecule has 2 rings (SSSR count). The van der Waals surface area contributed by atoms with E-state index in [0.717, 1.165) is 37.7 Å². The zero-order chi connectivity index (χ0) is 15.2. The van der Waals surface area contributed by atoms with Crippen molar-refractivity contribution in [2.75, 3.05) is 44.6 Å². The summed E-state index contributed by atoms with van der Waals surface area (Å²) in [7, 11) is 0. The SMILES string of the molecule is CCN1CCN([C@H](C)CNC(=O)Nc2nnc(C)s2)CC1. The van der Waals surface area contributed by atoms with E-state index in [9.17, 15) is 4.79 Å². The molecule has 21 heavy (non-hydrogen) atoms. The van der Waals surface area contributed by atoms with Crippen molar-refractivity contribution in [1.29, 1.82) is 0 Å². The van der Waals surface area contributed by atoms with Crippen LogP contribution in [0.4, 0.5) is 9.93 Å². The maximum absolute atomic E-state index is 11.8. The molecule has 2 amide bonds. The van der Waals surface area contributed by atoms with Gasteiger partial charge in [-0.1, -0.05) is 18.3 Å². The molecule has 1 aromatic rings. The Balaban J connectivity index is 1.68. The Morgan fingerprint density at radius 2 is 2.05 bits per heavy atom. The Labute approximate surface area is 129 Å². The number of amides is 2. The lowest BCUT2D eigenvalue weighted by molar-refractivity contribution is 0.106. The molecule has 1 aliphatic heterocycles. The Bertz CT molecular complexity index is 457. The van der Waals surface area contributed by atoms with Crippen LogP contribution in [0.25, 0.3) is 0 Å². The van der Waals surface area contributed by atoms with E-state index in [0.29, 0.717) is 17.7 Å². The summed E-state index contributed by atoms with van der Waals surface area (Å²) in [5.74, 6) is 0. The van der Waals surface area contributed by atoms with E-state index in [1.807, 2.05) is 6.92 Å². The number of aryl methyl sites for hydroxylation is 1. The van der Waals surface area contributed by atoms with E-state index in [-0.39, 0.29) is 6.03 Å². The second-order valence-corrected chi connectivity index (χ2v) is 6.46. The maximum atomic E-state index is 11.8. The van der Waals surface area contributed by atoms with Gasteiger partial charge in [0.2, 0.25) is 5.13 Å². The van der Waals surface area contributed by atoms with Crippen LogP contribution in [0.5, 0.6) is 0 Å². The molecule has 0 bridgehead atoms. The molecule has 1 saturated heterocycles. The van der Waals surface area contributed by atoms with Crippen molar-refractivity contribution in [3.63, 3.8) is 0 Å². The summed E-state index contributed by atoms with van der Waals surface area (Å²) in [5, 5.41) is 14.7. The zero-order valence-electron chi connectivity index (χ0n) is 12.9. The smallest absolute Gasteiger partial charge is 0.321 e. The minimum Gasteiger partial charge on any atom is -0.336 e. The highest BCUT2D eigenvalue weighted by Gasteiger charge is 2.20. The molecular formula is C13H24N6OS. The average Bonchev–Trinajstić information content (AvgIpc) is 2.90. The molecule has 0 unspecified atom stereocenters. The van der Waals surface area contributed by atoms with Crippen LogP contribution in [-0.2, 0) is 0 Å². The number of nitrogens with zero attached hydrogens (tertiary/aromatic N) is 4. The largest absolute Gasteiger partial charge is 0.336 e. The molecule has 2 heterocycles. The molecule has 0 aromatic carbocycles. The normalized spacial score (nSPS) is 18.4. The monoisotopic (exact) mass is 312 g/mol. The van der Waals surface area contributed by atoms with Crippen LogP contribution in [0.3, 0.4) is 0 Å². The summed E-state index contributed by atoms with van der Waals surface area (Å²) in [6.07, 6.45) is 0. The maximum Gasteiger partial charge on any atom is 0.321 e. The van der Waals surface area contributed by atoms with Gasteiger partial charge in [0, 0.05) is 38.8 Å². The Morgan fingerprint density at radius 1 is 1.33 bits per heavy atom. The van der Waals surface area contributed by atoms with Gasteiger partial charge >= 0.3 is 6.03 Å². The first-order valence-electron chi connectivity index (χ1n) is 7.40. The summed E-state index contributed by atoms with van der Waals surface area (Å²) >= 11 is 1.37. The minimum absolute atomic E-state index is 0.217. The Morgan fingerprint density at radius 3 is 2.62 bits per heavy atom. The number of urea groups is 1. The fourth-order valence-electron chi connectivity index (χ4n) is 2.38. The van der Waals surface area contributed by atoms with Gasteiger partial charge in [0.1, 0.15) is 5.01 Å². The van der Waals surface area contributed by atoms with Gasteiger partial charge in [0.25, 0.3) is 0 Å². The number of anilines is 1. The van der Waals surface area contributed by atoms with Crippen LogP contribution in [0.15, 0.2) is 0 Å². The number of hydrogen-bond acceptors (Lipinski definition) is 6. The van der Waals surface area contributed by atoms with Crippen LogP contribution in [0.2, 0.25) is 0 Å². The molecule has 0 spiro atoms. The van der Waals surface area contributed by atoms with Crippen LogP contribution < -0.4 is 10.6 Å². The number of rotatable bonds is 5. The summed E-state index contributed by atoms with van der Waals surface area (Å²) < 4.78 is 0. The predicted molar refractivity (Wildman–Crippen MR) is 84.8 cm³/mol. The van der Waals surface area contributed by atoms with Crippen molar-refractivity contribution in [2.24, 2.45) is 0 Å². The molecule has 1 aromatic heterocycles. The van der Waals surface area contributed by atoms with Crippen LogP contribution in [0.1, 0.15) is 18.9 Å². The molecule has 7 nitrogen and oxygen atoms in total. The number of likely N-dealkylation sites (N-methyl/N-ethyl adjacent to an activating group) is 1. The summed E-state index contributed by atoms with van der Waals surface area (Å²) in [4.78, 5) is 16.7. The average molecular weight is 312 g/mol. The Hall–Kier alpha value is -1.25. The van der Waals surface area contributed by atoms with Crippen molar-refractivity contribution in [2.45, 2.75) is 26.8 Å². The van der Waals surface area contributed by atoms with Gasteiger partial charge in [-0.25, -0.2) is 4.79 Å². The van der Waals surface area contributed by atoms with Crippen LogP contribution >= 0.6 is 11.3 Å². The van der Waals surface area contributed by atoms with Crippen LogP contribution in [0, 0.1) is 6.92 Å². The highest BCUT2D eigenvalue weighted by molar-refractivity contribution is 7.15. The molecule has 118 valence electrons. The number of nitrogens with one attached hydrogen (secondary N) is 2. The quantitative estimate of drug-likeness (QED) is 0.848. The van der Waals surface area contributed by atoms with Crippen molar-refractivity contribution in [3.05, 3.63) is 5.01 Å². The van der Waals surface area contributed by atoms with Crippen LogP contribution in [-0.4, -0.2) is 71.3 Å². The molecule has 0 aliphatic carbocycles. The van der Waals surface area contributed by atoms with E-state index in [4.69, 9.17) is 0 Å². The van der Waals surface area contributed by atoms with Gasteiger partial charge in [-0.15, -0.1) is 10.2 Å². The third kappa shape index (κ3) is 4.90. The molecular weight excluding hydrogens is 288 g/mol. The van der Waals surface area contributed by atoms with Crippen molar-refractivity contribution in [1.82, 2.24) is 25.3 Å². The summed E-state index contributed by atoms with van der Waals surface area (Å²) in [6.45, 7) is 12.3. The fraction of sp³-hybridized carbons (Fsp3) is 0.769. The second kappa shape index (κ2) is 7.67. The molecule has 0 saturated carbocycles. The van der Waals surface area contributed by atoms with Gasteiger partial charge in [-0.3, -0.25) is 10.2 Å². The number of hydrogen-bond donors (Lipinski definition) is 2. The first-order chi connectivity index (χ1) is 10.1. The highest BCUT2D eigenvalue weighted by atomic mass is 32.1. The van der Waals surface area contributed by atoms with Gasteiger partial charge in [-0.05, 0) is 20.4 Å². The number of carbonyl (C=O) groups excluding carboxylic acids is 1. The van der Waals surface area contributed by atoms with E-state index in [1.54, 1.807) is 0 Å². The standard InChI is InChI=1S/C13H24N6OS/c1-4-18-5-7-19(8-6-18)10(2)9-14-12(20)15-13-17-16-11(3)21-13/h10H,4-9H2,1-3H3,(H2,14,15,17,20)/t10-/m1/s1. The van der Waals surface area contributed by atoms with Crippen molar-refractivity contribution >= 4 is 22.5 Å². The zero-order valence-corrected chi connectivity index (χ0v) is 13.7. The number of piperazine rings is 1. The van der Waals surface area contributed by atoms with E-state index < -0.39 is 0 Å². The van der Waals surface area contributed by atoms with E-state index >= 15 is 0 Å². The molecule has 8 heteroatoms. The minimum atomic E-state index is -0.217. The lowest BCUT2D eigenvalue weighted by atomic mass is 10.2. The molecule has 1 fully saturated rings. The molecule has 1 atom stereocenters. The second-order valence-electron chi connectivity index (χ2n) is 5.28. The topological polar surface area (TPSA) is 73.4 Å². The highest BCUT2D eigenvalue weighted by Crippen LogP contribution is 2.13. The molecule has 0 radical (unpaired) electrons. The lowest BCUT2D eigenvalue weighted by Gasteiger charge is -2.37. The van der Waals surface area contributed by atoms with Gasteiger partial charge in [0.15, 0.2) is 0 Å². The van der Waals surface area contributed by atoms with Gasteiger partial charge in [0.05, 0.1) is 0 Å². The third-order valence-corrected chi connectivity index (χ3v) is 4.54. The molecule has 1 aliphatic rings. The van der Waals surface area contributed by atoms with Gasteiger partial charge in [-0.2, -0.15) is 0 Å². The third-order valence-electron chi connectivity index (χ3n) is 3.78. The lowest BCUT2D eigenvalue weighted by Crippen LogP contribution is -2.52. The molecule has 2 N–H and O–H groups in total. The first-order valence-corrected chi connectivity index (χ1v) is 8.21. The van der Waals surface area contributed by atoms with Crippen molar-refractivity contribution in [3.8, 4) is 0 Å². The number of aromatic nitrogens is 2. The fourth-order valence-corrected chi connectivity index (χ4v) is 2.97. The number of carbonyl (C=O) groups is 1. The van der Waals surface area contributed by atoms with Crippen molar-refractivity contribution < 1.29 is 4.79 Å². The first kappa shape index (κ1) is 16.1. The van der Waals surface area contributed by atoms with E-state index in [1.165, 1.54) is 11.3 Å². The Kier molecular flexibility index (Phi) is 5.89. The van der Waals surface area contributed by atoms with Gasteiger partial charge < -0.3 is 10.2 Å².